The Morgan fingerprint density at radius 2 is 2.11 bits per heavy atom. The Kier molecular flexibility index (Phi) is 10.5. The van der Waals surface area contributed by atoms with Crippen LogP contribution in [0.15, 0.2) is 4.99 Å². The van der Waals surface area contributed by atoms with Crippen molar-refractivity contribution < 1.29 is 13.2 Å². The first-order chi connectivity index (χ1) is 9.05. The van der Waals surface area contributed by atoms with Crippen LogP contribution in [0.2, 0.25) is 0 Å². The smallest absolute Gasteiger partial charge is 0.213 e. The zero-order valence-electron chi connectivity index (χ0n) is 11.6. The maximum atomic E-state index is 11.4. The lowest BCUT2D eigenvalue weighted by molar-refractivity contribution is 0.146. The lowest BCUT2D eigenvalue weighted by atomic mass is 10.4. The fourth-order valence-electron chi connectivity index (χ4n) is 1.25. The molecular weight excluding hydrogens is 270 g/mol. The van der Waals surface area contributed by atoms with Crippen LogP contribution in [0.5, 0.6) is 0 Å². The molecule has 0 radical (unpaired) electrons. The van der Waals surface area contributed by atoms with E-state index in [1.807, 2.05) is 6.92 Å². The topological polar surface area (TPSA) is 118 Å². The van der Waals surface area contributed by atoms with Crippen molar-refractivity contribution in [3.63, 3.8) is 0 Å². The standard InChI is InChI=1S/C10H25N5O3S/c1-3-14-19(16,17)9-7-13-10(15-11)12-6-5-8-18-4-2/h14H,3-9,11H2,1-2H3,(H2,12,13,15). The minimum Gasteiger partial charge on any atom is -0.382 e. The van der Waals surface area contributed by atoms with E-state index in [1.54, 1.807) is 6.92 Å². The number of hydrazine groups is 1. The highest BCUT2D eigenvalue weighted by molar-refractivity contribution is 7.89. The zero-order chi connectivity index (χ0) is 14.6. The monoisotopic (exact) mass is 295 g/mol. The molecule has 5 N–H and O–H groups in total. The van der Waals surface area contributed by atoms with Crippen LogP contribution in [0.4, 0.5) is 0 Å². The fourth-order valence-corrected chi connectivity index (χ4v) is 2.21. The van der Waals surface area contributed by atoms with Crippen LogP contribution in [-0.2, 0) is 14.8 Å². The highest BCUT2D eigenvalue weighted by atomic mass is 32.2. The summed E-state index contributed by atoms with van der Waals surface area (Å²) in [6, 6.07) is 0. The molecule has 0 unspecified atom stereocenters. The van der Waals surface area contributed by atoms with Crippen molar-refractivity contribution in [2.24, 2.45) is 10.8 Å². The van der Waals surface area contributed by atoms with Gasteiger partial charge in [0, 0.05) is 32.8 Å². The van der Waals surface area contributed by atoms with Gasteiger partial charge in [0.05, 0.1) is 5.75 Å². The predicted octanol–water partition coefficient (Wildman–Crippen LogP) is -1.24. The number of nitrogens with one attached hydrogen (secondary N) is 3. The first-order valence-electron chi connectivity index (χ1n) is 6.35. The first-order valence-corrected chi connectivity index (χ1v) is 8.01. The van der Waals surface area contributed by atoms with Crippen molar-refractivity contribution in [3.05, 3.63) is 0 Å². The molecular formula is C10H25N5O3S. The number of sulfonamides is 1. The Balaban J connectivity index is 3.89. The van der Waals surface area contributed by atoms with Crippen molar-refractivity contribution >= 4 is 16.0 Å². The molecule has 0 bridgehead atoms. The molecule has 0 atom stereocenters. The van der Waals surface area contributed by atoms with E-state index >= 15 is 0 Å². The van der Waals surface area contributed by atoms with Gasteiger partial charge in [0.25, 0.3) is 0 Å². The van der Waals surface area contributed by atoms with Crippen LogP contribution in [0.1, 0.15) is 20.3 Å². The van der Waals surface area contributed by atoms with Crippen LogP contribution >= 0.6 is 0 Å². The Hall–Kier alpha value is -0.900. The minimum atomic E-state index is -3.22. The van der Waals surface area contributed by atoms with Crippen LogP contribution < -0.4 is 21.3 Å². The van der Waals surface area contributed by atoms with E-state index in [0.717, 1.165) is 6.42 Å². The third-order valence-electron chi connectivity index (χ3n) is 2.09. The maximum Gasteiger partial charge on any atom is 0.213 e. The molecule has 0 amide bonds. The Morgan fingerprint density at radius 3 is 2.68 bits per heavy atom. The molecule has 114 valence electrons. The van der Waals surface area contributed by atoms with E-state index in [0.29, 0.717) is 32.3 Å². The van der Waals surface area contributed by atoms with Crippen LogP contribution in [0.3, 0.4) is 0 Å². The molecule has 0 saturated carbocycles. The molecule has 19 heavy (non-hydrogen) atoms. The number of hydrogen-bond acceptors (Lipinski definition) is 5. The van der Waals surface area contributed by atoms with Gasteiger partial charge in [-0.2, -0.15) is 0 Å². The van der Waals surface area contributed by atoms with Gasteiger partial charge in [-0.05, 0) is 13.3 Å². The number of nitrogens with zero attached hydrogens (tertiary/aromatic N) is 1. The van der Waals surface area contributed by atoms with E-state index in [-0.39, 0.29) is 12.3 Å². The lowest BCUT2D eigenvalue weighted by Gasteiger charge is -2.09. The molecule has 0 aromatic heterocycles. The summed E-state index contributed by atoms with van der Waals surface area (Å²) in [6.07, 6.45) is 0.788. The minimum absolute atomic E-state index is 0.0273. The third kappa shape index (κ3) is 10.7. The van der Waals surface area contributed by atoms with Crippen LogP contribution in [0, 0.1) is 0 Å². The van der Waals surface area contributed by atoms with E-state index in [1.165, 1.54) is 0 Å². The van der Waals surface area contributed by atoms with Gasteiger partial charge in [0.2, 0.25) is 16.0 Å². The summed E-state index contributed by atoms with van der Waals surface area (Å²) in [7, 11) is -3.22. The summed E-state index contributed by atoms with van der Waals surface area (Å²) < 4.78 is 30.3. The van der Waals surface area contributed by atoms with Gasteiger partial charge in [-0.3, -0.25) is 10.4 Å². The molecule has 0 aromatic rings. The molecule has 0 fully saturated rings. The molecule has 0 aliphatic heterocycles. The van der Waals surface area contributed by atoms with Gasteiger partial charge in [0.1, 0.15) is 0 Å². The number of ether oxygens (including phenoxy) is 1. The van der Waals surface area contributed by atoms with E-state index in [9.17, 15) is 8.42 Å². The van der Waals surface area contributed by atoms with E-state index in [4.69, 9.17) is 10.6 Å². The molecule has 0 aliphatic carbocycles. The number of rotatable bonds is 10. The molecule has 0 saturated heterocycles. The average molecular weight is 295 g/mol. The van der Waals surface area contributed by atoms with Gasteiger partial charge < -0.3 is 10.1 Å². The van der Waals surface area contributed by atoms with E-state index in [2.05, 4.69) is 20.5 Å². The lowest BCUT2D eigenvalue weighted by Crippen LogP contribution is -2.44. The van der Waals surface area contributed by atoms with Gasteiger partial charge in [0.15, 0.2) is 0 Å². The van der Waals surface area contributed by atoms with Crippen LogP contribution in [0.25, 0.3) is 0 Å². The van der Waals surface area contributed by atoms with E-state index < -0.39 is 10.0 Å². The molecule has 0 heterocycles. The highest BCUT2D eigenvalue weighted by Crippen LogP contribution is 1.85. The number of aliphatic imine (C=N–C) groups is 1. The summed E-state index contributed by atoms with van der Waals surface area (Å²) in [4.78, 5) is 4.15. The Morgan fingerprint density at radius 1 is 1.37 bits per heavy atom. The molecule has 9 heteroatoms. The fraction of sp³-hybridized carbons (Fsp3) is 0.900. The largest absolute Gasteiger partial charge is 0.382 e. The summed E-state index contributed by atoms with van der Waals surface area (Å²) in [6.45, 7) is 6.19. The second-order valence-corrected chi connectivity index (χ2v) is 5.60. The average Bonchev–Trinajstić information content (AvgIpc) is 2.36. The van der Waals surface area contributed by atoms with Crippen molar-refractivity contribution in [1.29, 1.82) is 0 Å². The maximum absolute atomic E-state index is 11.4. The Bertz CT molecular complexity index is 345. The Labute approximate surface area is 115 Å². The zero-order valence-corrected chi connectivity index (χ0v) is 12.4. The molecule has 0 aromatic carbocycles. The van der Waals surface area contributed by atoms with Crippen molar-refractivity contribution in [2.45, 2.75) is 20.3 Å². The van der Waals surface area contributed by atoms with Gasteiger partial charge >= 0.3 is 0 Å². The molecule has 0 rings (SSSR count). The van der Waals surface area contributed by atoms with Gasteiger partial charge in [-0.15, -0.1) is 0 Å². The molecule has 0 aliphatic rings. The molecule has 0 spiro atoms. The van der Waals surface area contributed by atoms with Crippen LogP contribution in [-0.4, -0.2) is 53.0 Å². The SMILES string of the molecule is CCNS(=O)(=O)CCNC(=NCCCOCC)NN. The number of nitrogens with two attached hydrogens (primary N) is 1. The van der Waals surface area contributed by atoms with Gasteiger partial charge in [-0.25, -0.2) is 19.0 Å². The summed E-state index contributed by atoms with van der Waals surface area (Å²) in [5, 5.41) is 2.83. The second kappa shape index (κ2) is 11.0. The third-order valence-corrected chi connectivity index (χ3v) is 3.56. The number of hydrogen-bond donors (Lipinski definition) is 4. The second-order valence-electron chi connectivity index (χ2n) is 3.67. The highest BCUT2D eigenvalue weighted by Gasteiger charge is 2.07. The summed E-state index contributed by atoms with van der Waals surface area (Å²) >= 11 is 0. The normalized spacial score (nSPS) is 12.5. The number of guanidine groups is 1. The quantitative estimate of drug-likeness (QED) is 0.132. The summed E-state index contributed by atoms with van der Waals surface area (Å²) in [5.41, 5.74) is 2.39. The van der Waals surface area contributed by atoms with Crippen molar-refractivity contribution in [2.75, 3.05) is 38.6 Å². The first kappa shape index (κ1) is 18.1. The molecule has 8 nitrogen and oxygen atoms in total. The van der Waals surface area contributed by atoms with Crippen molar-refractivity contribution in [1.82, 2.24) is 15.5 Å². The summed E-state index contributed by atoms with van der Waals surface area (Å²) in [5.74, 6) is 5.63. The predicted molar refractivity (Wildman–Crippen MR) is 76.2 cm³/mol. The van der Waals surface area contributed by atoms with Crippen molar-refractivity contribution in [3.8, 4) is 0 Å². The van der Waals surface area contributed by atoms with Gasteiger partial charge in [-0.1, -0.05) is 6.92 Å².